The minimum atomic E-state index is -1.13. The number of amides is 3. The number of carbonyl (C=O) groups is 2. The van der Waals surface area contributed by atoms with Gasteiger partial charge in [0.2, 0.25) is 0 Å². The molecular formula is C14H10ClF2N3O2S. The summed E-state index contributed by atoms with van der Waals surface area (Å²) in [5.41, 5.74) is 0.575. The van der Waals surface area contributed by atoms with Gasteiger partial charge in [-0.3, -0.25) is 4.79 Å². The maximum Gasteiger partial charge on any atom is 0.338 e. The van der Waals surface area contributed by atoms with Gasteiger partial charge in [0, 0.05) is 23.0 Å². The van der Waals surface area contributed by atoms with Gasteiger partial charge in [0.1, 0.15) is 5.15 Å². The predicted molar refractivity (Wildman–Crippen MR) is 84.5 cm³/mol. The number of thiol groups is 1. The molecule has 3 amide bonds. The normalized spacial score (nSPS) is 10.3. The molecule has 120 valence electrons. The number of urea groups is 1. The van der Waals surface area contributed by atoms with Crippen LogP contribution in [0.1, 0.15) is 16.1 Å². The Morgan fingerprint density at radius 3 is 2.52 bits per heavy atom. The number of anilines is 1. The number of carbonyl (C=O) groups excluding carboxylic acids is 2. The fraction of sp³-hybridized carbons (Fsp3) is 0.0714. The van der Waals surface area contributed by atoms with Crippen molar-refractivity contribution < 1.29 is 18.4 Å². The number of aryl methyl sites for hydroxylation is 1. The quantitative estimate of drug-likeness (QED) is 0.634. The highest BCUT2D eigenvalue weighted by molar-refractivity contribution is 7.79. The van der Waals surface area contributed by atoms with Crippen molar-refractivity contribution in [2.75, 3.05) is 5.32 Å². The minimum absolute atomic E-state index is 0.0234. The zero-order valence-electron chi connectivity index (χ0n) is 11.7. The van der Waals surface area contributed by atoms with Crippen LogP contribution < -0.4 is 5.32 Å². The monoisotopic (exact) mass is 357 g/mol. The van der Waals surface area contributed by atoms with Crippen LogP contribution in [0.2, 0.25) is 5.15 Å². The van der Waals surface area contributed by atoms with Crippen LogP contribution in [0, 0.1) is 18.6 Å². The molecule has 9 heteroatoms. The van der Waals surface area contributed by atoms with Gasteiger partial charge in [0.05, 0.1) is 0 Å². The summed E-state index contributed by atoms with van der Waals surface area (Å²) in [5, 5.41) is 2.32. The van der Waals surface area contributed by atoms with E-state index >= 15 is 0 Å². The Morgan fingerprint density at radius 1 is 1.22 bits per heavy atom. The lowest BCUT2D eigenvalue weighted by atomic mass is 10.2. The number of nitrogens with zero attached hydrogens (tertiary/aromatic N) is 2. The molecule has 0 atom stereocenters. The Morgan fingerprint density at radius 2 is 1.91 bits per heavy atom. The van der Waals surface area contributed by atoms with Gasteiger partial charge in [-0.25, -0.2) is 22.9 Å². The molecule has 0 saturated carbocycles. The van der Waals surface area contributed by atoms with Crippen molar-refractivity contribution >= 4 is 42.0 Å². The number of aromatic nitrogens is 1. The van der Waals surface area contributed by atoms with Gasteiger partial charge in [-0.05, 0) is 31.2 Å². The highest BCUT2D eigenvalue weighted by atomic mass is 35.5. The molecule has 2 rings (SSSR count). The molecule has 0 aliphatic rings. The van der Waals surface area contributed by atoms with Crippen molar-refractivity contribution in [3.05, 3.63) is 58.4 Å². The number of pyridine rings is 1. The summed E-state index contributed by atoms with van der Waals surface area (Å²) in [7, 11) is 0. The van der Waals surface area contributed by atoms with E-state index in [0.717, 1.165) is 18.2 Å². The van der Waals surface area contributed by atoms with E-state index in [1.807, 2.05) is 0 Å². The van der Waals surface area contributed by atoms with Crippen LogP contribution in [0.5, 0.6) is 0 Å². The second-order valence-electron chi connectivity index (χ2n) is 4.50. The summed E-state index contributed by atoms with van der Waals surface area (Å²) < 4.78 is 26.4. The van der Waals surface area contributed by atoms with Crippen molar-refractivity contribution in [1.82, 2.24) is 9.29 Å². The Bertz CT molecular complexity index is 768. The lowest BCUT2D eigenvalue weighted by Gasteiger charge is -2.15. The third-order valence-corrected chi connectivity index (χ3v) is 3.28. The van der Waals surface area contributed by atoms with Crippen molar-refractivity contribution in [2.45, 2.75) is 6.92 Å². The zero-order chi connectivity index (χ0) is 17.1. The van der Waals surface area contributed by atoms with Crippen LogP contribution in [0.25, 0.3) is 0 Å². The molecule has 0 bridgehead atoms. The first-order valence-electron chi connectivity index (χ1n) is 6.21. The largest absolute Gasteiger partial charge is 0.338 e. The van der Waals surface area contributed by atoms with Crippen molar-refractivity contribution in [3.63, 3.8) is 0 Å². The maximum atomic E-state index is 13.1. The summed E-state index contributed by atoms with van der Waals surface area (Å²) in [4.78, 5) is 28.0. The van der Waals surface area contributed by atoms with E-state index in [2.05, 4.69) is 23.1 Å². The molecule has 0 aliphatic heterocycles. The Hall–Kier alpha value is -2.19. The smallest absolute Gasteiger partial charge is 0.307 e. The summed E-state index contributed by atoms with van der Waals surface area (Å²) in [6.45, 7) is 1.63. The maximum absolute atomic E-state index is 13.1. The van der Waals surface area contributed by atoms with Gasteiger partial charge in [-0.15, -0.1) is 0 Å². The fourth-order valence-corrected chi connectivity index (χ4v) is 2.13. The van der Waals surface area contributed by atoms with Crippen LogP contribution in [-0.2, 0) is 0 Å². The molecule has 0 fully saturated rings. The lowest BCUT2D eigenvalue weighted by Crippen LogP contribution is -2.32. The standard InChI is InChI=1S/C14H10ClF2N3O2S/c1-7-4-8(5-12(15)18-7)13(21)20(23)14(22)19-9-2-3-10(16)11(17)6-9/h2-6,23H,1H3,(H,19,22). The molecule has 2 aromatic rings. The first kappa shape index (κ1) is 17.2. The predicted octanol–water partition coefficient (Wildman–Crippen LogP) is 3.84. The van der Waals surface area contributed by atoms with Crippen LogP contribution in [0.15, 0.2) is 30.3 Å². The average molecular weight is 358 g/mol. The van der Waals surface area contributed by atoms with Crippen LogP contribution in [0.3, 0.4) is 0 Å². The van der Waals surface area contributed by atoms with E-state index in [1.165, 1.54) is 12.1 Å². The molecular weight excluding hydrogens is 348 g/mol. The number of nitrogens with one attached hydrogen (secondary N) is 1. The van der Waals surface area contributed by atoms with Crippen molar-refractivity contribution in [1.29, 1.82) is 0 Å². The zero-order valence-corrected chi connectivity index (χ0v) is 13.3. The highest BCUT2D eigenvalue weighted by Crippen LogP contribution is 2.17. The Balaban J connectivity index is 2.15. The molecule has 23 heavy (non-hydrogen) atoms. The SMILES string of the molecule is Cc1cc(C(=O)N(S)C(=O)Nc2ccc(F)c(F)c2)cc(Cl)n1. The third-order valence-electron chi connectivity index (χ3n) is 2.72. The van der Waals surface area contributed by atoms with Gasteiger partial charge in [-0.2, -0.15) is 0 Å². The topological polar surface area (TPSA) is 62.3 Å². The van der Waals surface area contributed by atoms with E-state index in [4.69, 9.17) is 11.6 Å². The van der Waals surface area contributed by atoms with Gasteiger partial charge >= 0.3 is 6.03 Å². The van der Waals surface area contributed by atoms with E-state index in [1.54, 1.807) is 6.92 Å². The summed E-state index contributed by atoms with van der Waals surface area (Å²) in [6.07, 6.45) is 0. The van der Waals surface area contributed by atoms with Gasteiger partial charge in [0.15, 0.2) is 11.6 Å². The lowest BCUT2D eigenvalue weighted by molar-refractivity contribution is 0.0901. The number of benzene rings is 1. The molecule has 5 nitrogen and oxygen atoms in total. The third kappa shape index (κ3) is 4.17. The molecule has 1 aromatic carbocycles. The minimum Gasteiger partial charge on any atom is -0.307 e. The molecule has 0 spiro atoms. The number of halogens is 3. The number of rotatable bonds is 2. The van der Waals surface area contributed by atoms with Crippen molar-refractivity contribution in [2.24, 2.45) is 0 Å². The van der Waals surface area contributed by atoms with Gasteiger partial charge in [-0.1, -0.05) is 24.4 Å². The Labute approximate surface area is 140 Å². The van der Waals surface area contributed by atoms with E-state index in [-0.39, 0.29) is 16.4 Å². The first-order chi connectivity index (χ1) is 10.8. The molecule has 0 aliphatic carbocycles. The molecule has 1 aromatic heterocycles. The molecule has 0 saturated heterocycles. The fourth-order valence-electron chi connectivity index (χ4n) is 1.72. The number of imide groups is 1. The summed E-state index contributed by atoms with van der Waals surface area (Å²) in [5.74, 6) is -2.93. The van der Waals surface area contributed by atoms with Gasteiger partial charge in [0.25, 0.3) is 5.91 Å². The van der Waals surface area contributed by atoms with Crippen molar-refractivity contribution in [3.8, 4) is 0 Å². The number of hydrogen-bond donors (Lipinski definition) is 2. The molecule has 1 heterocycles. The second kappa shape index (κ2) is 6.93. The van der Waals surface area contributed by atoms with E-state index < -0.39 is 23.6 Å². The second-order valence-corrected chi connectivity index (χ2v) is 5.28. The van der Waals surface area contributed by atoms with Crippen LogP contribution in [-0.4, -0.2) is 21.2 Å². The molecule has 1 N–H and O–H groups in total. The highest BCUT2D eigenvalue weighted by Gasteiger charge is 2.21. The summed E-state index contributed by atoms with van der Waals surface area (Å²) in [6, 6.07) is 4.56. The van der Waals surface area contributed by atoms with E-state index in [0.29, 0.717) is 10.00 Å². The van der Waals surface area contributed by atoms with E-state index in [9.17, 15) is 18.4 Å². The van der Waals surface area contributed by atoms with Crippen LogP contribution >= 0.6 is 24.4 Å². The Kier molecular flexibility index (Phi) is 5.17. The van der Waals surface area contributed by atoms with Crippen LogP contribution in [0.4, 0.5) is 19.3 Å². The molecule has 0 radical (unpaired) electrons. The summed E-state index contributed by atoms with van der Waals surface area (Å²) >= 11 is 9.57. The number of hydrogen-bond acceptors (Lipinski definition) is 4. The average Bonchev–Trinajstić information content (AvgIpc) is 2.48. The van der Waals surface area contributed by atoms with Gasteiger partial charge < -0.3 is 5.32 Å². The first-order valence-corrected chi connectivity index (χ1v) is 6.99. The molecule has 0 unspecified atom stereocenters.